The molecule has 0 saturated carbocycles. The van der Waals surface area contributed by atoms with Crippen LogP contribution in [0.2, 0.25) is 0 Å². The lowest BCUT2D eigenvalue weighted by Crippen LogP contribution is -2.40. The summed E-state index contributed by atoms with van der Waals surface area (Å²) in [5.41, 5.74) is 6.04. The number of aliphatic hydroxyl groups excluding tert-OH is 1. The van der Waals surface area contributed by atoms with Crippen LogP contribution >= 0.6 is 0 Å². The van der Waals surface area contributed by atoms with Gasteiger partial charge in [-0.3, -0.25) is 4.90 Å². The summed E-state index contributed by atoms with van der Waals surface area (Å²) in [6.45, 7) is -1.78. The smallest absolute Gasteiger partial charge is 0.401 e. The molecule has 1 rings (SSSR count). The van der Waals surface area contributed by atoms with E-state index in [0.29, 0.717) is 5.56 Å². The fraction of sp³-hybridized carbons (Fsp3) is 0.462. The van der Waals surface area contributed by atoms with Gasteiger partial charge < -0.3 is 16.0 Å². The van der Waals surface area contributed by atoms with Crippen LogP contribution in [0.25, 0.3) is 0 Å². The highest BCUT2D eigenvalue weighted by atomic mass is 19.4. The van der Waals surface area contributed by atoms with Gasteiger partial charge in [0.1, 0.15) is 5.84 Å². The molecule has 0 fully saturated rings. The van der Waals surface area contributed by atoms with Crippen molar-refractivity contribution >= 4 is 5.84 Å². The number of alkyl halides is 3. The second kappa shape index (κ2) is 7.84. The molecule has 0 aliphatic carbocycles. The first-order valence-electron chi connectivity index (χ1n) is 6.30. The molecule has 0 amide bonds. The van der Waals surface area contributed by atoms with Crippen molar-refractivity contribution in [1.82, 2.24) is 4.90 Å². The predicted molar refractivity (Wildman–Crippen MR) is 71.9 cm³/mol. The summed E-state index contributed by atoms with van der Waals surface area (Å²) in [6, 6.07) is 7.71. The van der Waals surface area contributed by atoms with Crippen molar-refractivity contribution in [3.05, 3.63) is 35.9 Å². The molecule has 118 valence electrons. The average molecular weight is 305 g/mol. The van der Waals surface area contributed by atoms with Crippen LogP contribution < -0.4 is 5.73 Å². The molecule has 0 spiro atoms. The zero-order chi connectivity index (χ0) is 15.9. The van der Waals surface area contributed by atoms with Gasteiger partial charge in [0.2, 0.25) is 0 Å². The standard InChI is InChI=1S/C13H18F3N3O2/c14-13(15,16)9-19(6-7-20)11(8-12(17)18-21)10-4-2-1-3-5-10/h1-5,11,20-21H,6-9H2,(H2,17,18). The van der Waals surface area contributed by atoms with Gasteiger partial charge in [-0.1, -0.05) is 35.5 Å². The maximum Gasteiger partial charge on any atom is 0.401 e. The van der Waals surface area contributed by atoms with E-state index in [-0.39, 0.29) is 18.8 Å². The summed E-state index contributed by atoms with van der Waals surface area (Å²) in [5.74, 6) is -0.172. The zero-order valence-corrected chi connectivity index (χ0v) is 11.3. The lowest BCUT2D eigenvalue weighted by Gasteiger charge is -2.32. The van der Waals surface area contributed by atoms with E-state index in [9.17, 15) is 13.2 Å². The summed E-state index contributed by atoms with van der Waals surface area (Å²) in [7, 11) is 0. The van der Waals surface area contributed by atoms with Gasteiger partial charge in [0, 0.05) is 19.0 Å². The molecule has 0 saturated heterocycles. The Balaban J connectivity index is 3.06. The maximum absolute atomic E-state index is 12.7. The van der Waals surface area contributed by atoms with E-state index in [0.717, 1.165) is 4.90 Å². The van der Waals surface area contributed by atoms with Crippen LogP contribution in [-0.4, -0.2) is 46.9 Å². The summed E-state index contributed by atoms with van der Waals surface area (Å²) in [6.07, 6.45) is -4.48. The fourth-order valence-electron chi connectivity index (χ4n) is 2.08. The first-order valence-corrected chi connectivity index (χ1v) is 6.30. The summed E-state index contributed by atoms with van der Waals surface area (Å²) < 4.78 is 38.1. The Labute approximate surface area is 120 Å². The van der Waals surface area contributed by atoms with Crippen molar-refractivity contribution in [2.75, 3.05) is 19.7 Å². The molecule has 8 heteroatoms. The molecule has 1 unspecified atom stereocenters. The number of oxime groups is 1. The van der Waals surface area contributed by atoms with Crippen LogP contribution in [-0.2, 0) is 0 Å². The summed E-state index contributed by atoms with van der Waals surface area (Å²) >= 11 is 0. The first kappa shape index (κ1) is 17.3. The number of halogens is 3. The molecule has 4 N–H and O–H groups in total. The largest absolute Gasteiger partial charge is 0.409 e. The van der Waals surface area contributed by atoms with E-state index in [2.05, 4.69) is 5.16 Å². The van der Waals surface area contributed by atoms with Crippen LogP contribution in [0, 0.1) is 0 Å². The third-order valence-corrected chi connectivity index (χ3v) is 2.93. The van der Waals surface area contributed by atoms with Crippen LogP contribution in [0.15, 0.2) is 35.5 Å². The lowest BCUT2D eigenvalue weighted by atomic mass is 10.0. The zero-order valence-electron chi connectivity index (χ0n) is 11.3. The Bertz CT molecular complexity index is 452. The molecule has 0 aliphatic rings. The van der Waals surface area contributed by atoms with Crippen molar-refractivity contribution in [3.63, 3.8) is 0 Å². The topological polar surface area (TPSA) is 82.1 Å². The van der Waals surface area contributed by atoms with Gasteiger partial charge in [-0.15, -0.1) is 0 Å². The van der Waals surface area contributed by atoms with Crippen molar-refractivity contribution in [1.29, 1.82) is 0 Å². The van der Waals surface area contributed by atoms with Gasteiger partial charge in [0.25, 0.3) is 0 Å². The van der Waals surface area contributed by atoms with Crippen LogP contribution in [0.4, 0.5) is 13.2 Å². The van der Waals surface area contributed by atoms with Crippen LogP contribution in [0.1, 0.15) is 18.0 Å². The highest BCUT2D eigenvalue weighted by Gasteiger charge is 2.34. The van der Waals surface area contributed by atoms with Gasteiger partial charge in [-0.25, -0.2) is 0 Å². The fourth-order valence-corrected chi connectivity index (χ4v) is 2.08. The molecule has 5 nitrogen and oxygen atoms in total. The van der Waals surface area contributed by atoms with E-state index in [4.69, 9.17) is 16.0 Å². The summed E-state index contributed by atoms with van der Waals surface area (Å²) in [4.78, 5) is 1.06. The van der Waals surface area contributed by atoms with Gasteiger partial charge in [-0.2, -0.15) is 13.2 Å². The third-order valence-electron chi connectivity index (χ3n) is 2.93. The molecule has 1 atom stereocenters. The molecule has 0 aromatic heterocycles. The van der Waals surface area contributed by atoms with Crippen LogP contribution in [0.3, 0.4) is 0 Å². The Hall–Kier alpha value is -1.80. The normalized spacial score (nSPS) is 14.4. The number of rotatable bonds is 7. The van der Waals surface area contributed by atoms with Gasteiger partial charge >= 0.3 is 6.18 Å². The number of aliphatic hydroxyl groups is 1. The van der Waals surface area contributed by atoms with E-state index < -0.39 is 25.4 Å². The molecule has 0 radical (unpaired) electrons. The van der Waals surface area contributed by atoms with E-state index >= 15 is 0 Å². The molecular formula is C13H18F3N3O2. The Morgan fingerprint density at radius 1 is 1.29 bits per heavy atom. The molecule has 1 aromatic carbocycles. The number of hydrogen-bond donors (Lipinski definition) is 3. The van der Waals surface area contributed by atoms with Gasteiger partial charge in [0.05, 0.1) is 13.2 Å². The van der Waals surface area contributed by atoms with Gasteiger partial charge in [-0.05, 0) is 5.56 Å². The minimum atomic E-state index is -4.41. The Morgan fingerprint density at radius 3 is 2.38 bits per heavy atom. The number of nitrogens with zero attached hydrogens (tertiary/aromatic N) is 2. The number of amidine groups is 1. The number of hydrogen-bond acceptors (Lipinski definition) is 4. The van der Waals surface area contributed by atoms with Crippen molar-refractivity contribution in [2.24, 2.45) is 10.9 Å². The second-order valence-corrected chi connectivity index (χ2v) is 4.53. The number of nitrogens with two attached hydrogens (primary N) is 1. The van der Waals surface area contributed by atoms with Crippen molar-refractivity contribution in [2.45, 2.75) is 18.6 Å². The molecule has 1 aromatic rings. The van der Waals surface area contributed by atoms with Gasteiger partial charge in [0.15, 0.2) is 0 Å². The minimum Gasteiger partial charge on any atom is -0.409 e. The monoisotopic (exact) mass is 305 g/mol. The number of benzene rings is 1. The average Bonchev–Trinajstić information content (AvgIpc) is 2.43. The molecule has 0 bridgehead atoms. The van der Waals surface area contributed by atoms with Crippen LogP contribution in [0.5, 0.6) is 0 Å². The highest BCUT2D eigenvalue weighted by molar-refractivity contribution is 5.80. The molecule has 21 heavy (non-hydrogen) atoms. The van der Waals surface area contributed by atoms with E-state index in [1.54, 1.807) is 30.3 Å². The van der Waals surface area contributed by atoms with E-state index in [1.165, 1.54) is 0 Å². The quantitative estimate of drug-likeness (QED) is 0.310. The predicted octanol–water partition coefficient (Wildman–Crippen LogP) is 1.72. The second-order valence-electron chi connectivity index (χ2n) is 4.53. The molecule has 0 heterocycles. The minimum absolute atomic E-state index is 0.0728. The highest BCUT2D eigenvalue weighted by Crippen LogP contribution is 2.28. The van der Waals surface area contributed by atoms with Crippen molar-refractivity contribution < 1.29 is 23.5 Å². The molecule has 0 aliphatic heterocycles. The Morgan fingerprint density at radius 2 is 1.90 bits per heavy atom. The maximum atomic E-state index is 12.7. The van der Waals surface area contributed by atoms with Crippen molar-refractivity contribution in [3.8, 4) is 0 Å². The third kappa shape index (κ3) is 6.01. The first-order chi connectivity index (χ1) is 9.87. The SMILES string of the molecule is N/C(CC(c1ccccc1)N(CCO)CC(F)(F)F)=N/O. The lowest BCUT2D eigenvalue weighted by molar-refractivity contribution is -0.152. The van der Waals surface area contributed by atoms with E-state index in [1.807, 2.05) is 0 Å². The Kier molecular flexibility index (Phi) is 6.44. The molecular weight excluding hydrogens is 287 g/mol. The summed E-state index contributed by atoms with van der Waals surface area (Å²) in [5, 5.41) is 20.5.